The van der Waals surface area contributed by atoms with Crippen LogP contribution in [0.15, 0.2) is 0 Å². The molecular weight excluding hydrogens is 156 g/mol. The Labute approximate surface area is 73.6 Å². The van der Waals surface area contributed by atoms with Crippen molar-refractivity contribution < 1.29 is 5.11 Å². The van der Waals surface area contributed by atoms with Gasteiger partial charge in [0.15, 0.2) is 0 Å². The fourth-order valence-corrected chi connectivity index (χ4v) is 2.23. The number of hydrogen-bond donors (Lipinski definition) is 1. The molecule has 1 aliphatic rings. The van der Waals surface area contributed by atoms with Gasteiger partial charge in [-0.1, -0.05) is 13.3 Å². The summed E-state index contributed by atoms with van der Waals surface area (Å²) in [4.78, 5) is 0. The molecule has 66 valence electrons. The zero-order valence-electron chi connectivity index (χ0n) is 7.47. The van der Waals surface area contributed by atoms with Gasteiger partial charge in [-0.3, -0.25) is 0 Å². The molecule has 1 N–H and O–H groups in total. The zero-order chi connectivity index (χ0) is 8.32. The topological polar surface area (TPSA) is 20.2 Å². The Hall–Kier alpha value is 0.310. The Kier molecular flexibility index (Phi) is 3.26. The summed E-state index contributed by atoms with van der Waals surface area (Å²) in [6.45, 7) is 2.19. The molecule has 0 aromatic carbocycles. The second-order valence-corrected chi connectivity index (χ2v) is 4.52. The highest BCUT2D eigenvalue weighted by Gasteiger charge is 2.50. The van der Waals surface area contributed by atoms with E-state index >= 15 is 0 Å². The third-order valence-electron chi connectivity index (χ3n) is 2.58. The molecule has 2 unspecified atom stereocenters. The second-order valence-electron chi connectivity index (χ2n) is 3.54. The van der Waals surface area contributed by atoms with Crippen LogP contribution in [0.25, 0.3) is 0 Å². The summed E-state index contributed by atoms with van der Waals surface area (Å²) in [6.07, 6.45) is 6.58. The van der Waals surface area contributed by atoms with Crippen molar-refractivity contribution in [3.8, 4) is 0 Å². The molecule has 0 aliphatic heterocycles. The maximum absolute atomic E-state index is 9.84. The van der Waals surface area contributed by atoms with Crippen LogP contribution < -0.4 is 0 Å². The lowest BCUT2D eigenvalue weighted by Gasteiger charge is -2.07. The van der Waals surface area contributed by atoms with Gasteiger partial charge in [0.2, 0.25) is 0 Å². The smallest absolute Gasteiger partial charge is 0.0688 e. The summed E-state index contributed by atoms with van der Waals surface area (Å²) in [5.41, 5.74) is -0.251. The average Bonchev–Trinajstić information content (AvgIpc) is 2.60. The summed E-state index contributed by atoms with van der Waals surface area (Å²) >= 11 is 1.83. The summed E-state index contributed by atoms with van der Waals surface area (Å²) in [5.74, 6) is 1.73. The van der Waals surface area contributed by atoms with E-state index in [0.29, 0.717) is 5.92 Å². The molecule has 0 amide bonds. The highest BCUT2D eigenvalue weighted by molar-refractivity contribution is 7.98. The molecule has 1 rings (SSSR count). The molecular formula is C9H18OS. The van der Waals surface area contributed by atoms with Crippen molar-refractivity contribution in [2.75, 3.05) is 12.0 Å². The lowest BCUT2D eigenvalue weighted by atomic mass is 10.1. The number of aliphatic hydroxyl groups is 1. The fourth-order valence-electron chi connectivity index (χ4n) is 1.67. The molecule has 2 heteroatoms. The van der Waals surface area contributed by atoms with Gasteiger partial charge in [0.25, 0.3) is 0 Å². The molecule has 11 heavy (non-hydrogen) atoms. The van der Waals surface area contributed by atoms with Crippen LogP contribution in [0.3, 0.4) is 0 Å². The summed E-state index contributed by atoms with van der Waals surface area (Å²) in [6, 6.07) is 0. The van der Waals surface area contributed by atoms with Crippen molar-refractivity contribution in [3.63, 3.8) is 0 Å². The van der Waals surface area contributed by atoms with Gasteiger partial charge in [0.05, 0.1) is 5.60 Å². The normalized spacial score (nSPS) is 35.7. The van der Waals surface area contributed by atoms with Crippen molar-refractivity contribution >= 4 is 11.8 Å². The molecule has 0 radical (unpaired) electrons. The van der Waals surface area contributed by atoms with E-state index in [1.807, 2.05) is 11.8 Å². The molecule has 0 aromatic heterocycles. The Bertz CT molecular complexity index is 127. The maximum atomic E-state index is 9.84. The molecule has 0 spiro atoms. The first kappa shape index (κ1) is 9.40. The van der Waals surface area contributed by atoms with Gasteiger partial charge in [-0.2, -0.15) is 11.8 Å². The SMILES string of the molecule is CCCC1CC1(O)CCSC. The van der Waals surface area contributed by atoms with E-state index in [4.69, 9.17) is 0 Å². The fraction of sp³-hybridized carbons (Fsp3) is 1.00. The van der Waals surface area contributed by atoms with Gasteiger partial charge in [-0.15, -0.1) is 0 Å². The Morgan fingerprint density at radius 1 is 1.64 bits per heavy atom. The molecule has 0 aromatic rings. The predicted molar refractivity (Wildman–Crippen MR) is 51.0 cm³/mol. The van der Waals surface area contributed by atoms with Crippen molar-refractivity contribution in [2.24, 2.45) is 5.92 Å². The van der Waals surface area contributed by atoms with Gasteiger partial charge < -0.3 is 5.11 Å². The minimum atomic E-state index is -0.251. The van der Waals surface area contributed by atoms with Crippen LogP contribution in [-0.2, 0) is 0 Å². The first-order chi connectivity index (χ1) is 5.23. The largest absolute Gasteiger partial charge is 0.390 e. The first-order valence-electron chi connectivity index (χ1n) is 4.44. The van der Waals surface area contributed by atoms with Crippen LogP contribution in [0.2, 0.25) is 0 Å². The molecule has 0 heterocycles. The third kappa shape index (κ3) is 2.38. The lowest BCUT2D eigenvalue weighted by Crippen LogP contribution is -2.11. The number of rotatable bonds is 5. The van der Waals surface area contributed by atoms with Crippen molar-refractivity contribution in [1.82, 2.24) is 0 Å². The quantitative estimate of drug-likeness (QED) is 0.690. The lowest BCUT2D eigenvalue weighted by molar-refractivity contribution is 0.126. The second kappa shape index (κ2) is 3.81. The molecule has 1 nitrogen and oxygen atoms in total. The molecule has 1 aliphatic carbocycles. The van der Waals surface area contributed by atoms with E-state index in [1.54, 1.807) is 0 Å². The standard InChI is InChI=1S/C9H18OS/c1-3-4-8-7-9(8,10)5-6-11-2/h8,10H,3-7H2,1-2H3. The van der Waals surface area contributed by atoms with Crippen LogP contribution in [0.5, 0.6) is 0 Å². The predicted octanol–water partition coefficient (Wildman–Crippen LogP) is 2.29. The van der Waals surface area contributed by atoms with Crippen molar-refractivity contribution in [1.29, 1.82) is 0 Å². The van der Waals surface area contributed by atoms with Crippen LogP contribution >= 0.6 is 11.8 Å². The monoisotopic (exact) mass is 174 g/mol. The summed E-state index contributed by atoms with van der Waals surface area (Å²) in [5, 5.41) is 9.84. The molecule has 0 bridgehead atoms. The van der Waals surface area contributed by atoms with Gasteiger partial charge in [-0.25, -0.2) is 0 Å². The van der Waals surface area contributed by atoms with Crippen LogP contribution in [0.1, 0.15) is 32.6 Å². The Morgan fingerprint density at radius 2 is 2.36 bits per heavy atom. The average molecular weight is 174 g/mol. The van der Waals surface area contributed by atoms with E-state index in [9.17, 15) is 5.11 Å². The summed E-state index contributed by atoms with van der Waals surface area (Å²) < 4.78 is 0. The minimum absolute atomic E-state index is 0.251. The molecule has 2 atom stereocenters. The van der Waals surface area contributed by atoms with E-state index in [0.717, 1.165) is 18.6 Å². The highest BCUT2D eigenvalue weighted by Crippen LogP contribution is 2.49. The Balaban J connectivity index is 2.14. The number of hydrogen-bond acceptors (Lipinski definition) is 2. The minimum Gasteiger partial charge on any atom is -0.390 e. The Morgan fingerprint density at radius 3 is 2.91 bits per heavy atom. The molecule has 0 saturated heterocycles. The third-order valence-corrected chi connectivity index (χ3v) is 3.19. The van der Waals surface area contributed by atoms with Crippen LogP contribution in [0.4, 0.5) is 0 Å². The van der Waals surface area contributed by atoms with Gasteiger partial charge in [0, 0.05) is 0 Å². The van der Waals surface area contributed by atoms with Crippen LogP contribution in [-0.4, -0.2) is 22.7 Å². The molecule has 1 saturated carbocycles. The van der Waals surface area contributed by atoms with E-state index in [2.05, 4.69) is 13.2 Å². The highest BCUT2D eigenvalue weighted by atomic mass is 32.2. The van der Waals surface area contributed by atoms with Crippen LogP contribution in [0, 0.1) is 5.92 Å². The van der Waals surface area contributed by atoms with E-state index < -0.39 is 0 Å². The van der Waals surface area contributed by atoms with Gasteiger partial charge in [-0.05, 0) is 37.2 Å². The van der Waals surface area contributed by atoms with Crippen molar-refractivity contribution in [3.05, 3.63) is 0 Å². The van der Waals surface area contributed by atoms with Gasteiger partial charge >= 0.3 is 0 Å². The zero-order valence-corrected chi connectivity index (χ0v) is 8.28. The summed E-state index contributed by atoms with van der Waals surface area (Å²) in [7, 11) is 0. The van der Waals surface area contributed by atoms with E-state index in [1.165, 1.54) is 12.8 Å². The maximum Gasteiger partial charge on any atom is 0.0688 e. The molecule has 1 fully saturated rings. The first-order valence-corrected chi connectivity index (χ1v) is 5.83. The van der Waals surface area contributed by atoms with E-state index in [-0.39, 0.29) is 5.60 Å². The number of thioether (sulfide) groups is 1. The van der Waals surface area contributed by atoms with Crippen molar-refractivity contribution in [2.45, 2.75) is 38.2 Å². The van der Waals surface area contributed by atoms with Gasteiger partial charge in [0.1, 0.15) is 0 Å².